The number of hydrogen-bond donors (Lipinski definition) is 2. The van der Waals surface area contributed by atoms with E-state index in [4.69, 9.17) is 0 Å². The van der Waals surface area contributed by atoms with Crippen LogP contribution in [0.3, 0.4) is 0 Å². The van der Waals surface area contributed by atoms with Crippen LogP contribution in [0.25, 0.3) is 0 Å². The van der Waals surface area contributed by atoms with E-state index >= 15 is 0 Å². The van der Waals surface area contributed by atoms with Gasteiger partial charge in [-0.05, 0) is 24.2 Å². The predicted molar refractivity (Wildman–Crippen MR) is 78.6 cm³/mol. The molecule has 0 aliphatic heterocycles. The first-order valence-corrected chi connectivity index (χ1v) is 7.94. The standard InChI is InChI=1S/C16H34O2/c1-5-9-11-16(18)14(8-4)15(10-6-2)13(7-3)12-17/h13-18H,5-12H2,1-4H3. The van der Waals surface area contributed by atoms with Gasteiger partial charge in [-0.15, -0.1) is 0 Å². The molecule has 2 heteroatoms. The average molecular weight is 258 g/mol. The smallest absolute Gasteiger partial charge is 0.0571 e. The molecule has 0 amide bonds. The van der Waals surface area contributed by atoms with E-state index in [0.29, 0.717) is 17.8 Å². The van der Waals surface area contributed by atoms with Crippen LogP contribution in [0.4, 0.5) is 0 Å². The van der Waals surface area contributed by atoms with Gasteiger partial charge >= 0.3 is 0 Å². The minimum atomic E-state index is -0.188. The third-order valence-corrected chi connectivity index (χ3v) is 4.36. The van der Waals surface area contributed by atoms with E-state index in [1.54, 1.807) is 0 Å². The van der Waals surface area contributed by atoms with Gasteiger partial charge in [-0.25, -0.2) is 0 Å². The highest BCUT2D eigenvalue weighted by atomic mass is 16.3. The van der Waals surface area contributed by atoms with Gasteiger partial charge < -0.3 is 10.2 Å². The molecule has 2 nitrogen and oxygen atoms in total. The highest BCUT2D eigenvalue weighted by Gasteiger charge is 2.30. The van der Waals surface area contributed by atoms with Crippen molar-refractivity contribution in [2.45, 2.75) is 78.7 Å². The first-order valence-electron chi connectivity index (χ1n) is 7.94. The summed E-state index contributed by atoms with van der Waals surface area (Å²) in [6.45, 7) is 8.95. The second kappa shape index (κ2) is 10.8. The lowest BCUT2D eigenvalue weighted by Gasteiger charge is -2.35. The molecule has 0 aromatic rings. The first-order chi connectivity index (χ1) is 8.65. The van der Waals surface area contributed by atoms with Crippen molar-refractivity contribution in [3.63, 3.8) is 0 Å². The second-order valence-electron chi connectivity index (χ2n) is 5.59. The van der Waals surface area contributed by atoms with Gasteiger partial charge in [0.2, 0.25) is 0 Å². The molecule has 0 spiro atoms. The number of unbranched alkanes of at least 4 members (excludes halogenated alkanes) is 1. The molecular formula is C16H34O2. The molecule has 0 radical (unpaired) electrons. The van der Waals surface area contributed by atoms with Crippen molar-refractivity contribution in [2.24, 2.45) is 17.8 Å². The SMILES string of the molecule is CCCCC(O)C(CC)C(CCC)C(CC)CO. The number of aliphatic hydroxyl groups excluding tert-OH is 2. The Morgan fingerprint density at radius 3 is 1.89 bits per heavy atom. The molecule has 0 aromatic carbocycles. The van der Waals surface area contributed by atoms with Crippen LogP contribution in [-0.4, -0.2) is 22.9 Å². The predicted octanol–water partition coefficient (Wildman–Crippen LogP) is 4.00. The van der Waals surface area contributed by atoms with Gasteiger partial charge in [0, 0.05) is 6.61 Å². The van der Waals surface area contributed by atoms with Crippen LogP contribution in [0.1, 0.15) is 72.6 Å². The lowest BCUT2D eigenvalue weighted by atomic mass is 9.73. The third-order valence-electron chi connectivity index (χ3n) is 4.36. The molecule has 0 heterocycles. The van der Waals surface area contributed by atoms with Gasteiger partial charge in [-0.2, -0.15) is 0 Å². The van der Waals surface area contributed by atoms with Gasteiger partial charge in [0.1, 0.15) is 0 Å². The molecule has 0 bridgehead atoms. The molecule has 0 saturated heterocycles. The van der Waals surface area contributed by atoms with Crippen molar-refractivity contribution in [3.05, 3.63) is 0 Å². The molecule has 0 rings (SSSR count). The maximum atomic E-state index is 10.4. The number of hydrogen-bond acceptors (Lipinski definition) is 2. The minimum Gasteiger partial charge on any atom is -0.396 e. The summed E-state index contributed by atoms with van der Waals surface area (Å²) in [4.78, 5) is 0. The van der Waals surface area contributed by atoms with Crippen LogP contribution < -0.4 is 0 Å². The molecule has 0 aliphatic carbocycles. The van der Waals surface area contributed by atoms with Gasteiger partial charge in [0.15, 0.2) is 0 Å². The Morgan fingerprint density at radius 1 is 0.833 bits per heavy atom. The summed E-state index contributed by atoms with van der Waals surface area (Å²) in [6.07, 6.45) is 7.27. The number of rotatable bonds is 11. The Labute approximate surface area is 114 Å². The molecule has 18 heavy (non-hydrogen) atoms. The quantitative estimate of drug-likeness (QED) is 0.588. The molecule has 2 N–H and O–H groups in total. The molecule has 0 saturated carbocycles. The summed E-state index contributed by atoms with van der Waals surface area (Å²) in [5.74, 6) is 1.18. The van der Waals surface area contributed by atoms with Gasteiger partial charge in [0.25, 0.3) is 0 Å². The normalized spacial score (nSPS) is 18.3. The molecule has 0 fully saturated rings. The van der Waals surface area contributed by atoms with E-state index in [-0.39, 0.29) is 12.7 Å². The Morgan fingerprint density at radius 2 is 1.50 bits per heavy atom. The fourth-order valence-corrected chi connectivity index (χ4v) is 3.19. The zero-order valence-electron chi connectivity index (χ0n) is 12.9. The van der Waals surface area contributed by atoms with Crippen LogP contribution in [0, 0.1) is 17.8 Å². The highest BCUT2D eigenvalue weighted by molar-refractivity contribution is 4.80. The summed E-state index contributed by atoms with van der Waals surface area (Å²) in [5, 5.41) is 19.9. The van der Waals surface area contributed by atoms with Gasteiger partial charge in [-0.1, -0.05) is 66.2 Å². The molecule has 110 valence electrons. The van der Waals surface area contributed by atoms with Gasteiger partial charge in [0.05, 0.1) is 6.10 Å². The maximum Gasteiger partial charge on any atom is 0.0571 e. The topological polar surface area (TPSA) is 40.5 Å². The highest BCUT2D eigenvalue weighted by Crippen LogP contribution is 2.34. The Balaban J connectivity index is 4.67. The lowest BCUT2D eigenvalue weighted by Crippen LogP contribution is -2.33. The summed E-state index contributed by atoms with van der Waals surface area (Å²) in [5.41, 5.74) is 0. The summed E-state index contributed by atoms with van der Waals surface area (Å²) in [6, 6.07) is 0. The van der Waals surface area contributed by atoms with Crippen molar-refractivity contribution in [1.82, 2.24) is 0 Å². The van der Waals surface area contributed by atoms with E-state index in [9.17, 15) is 10.2 Å². The van der Waals surface area contributed by atoms with Crippen LogP contribution in [0.15, 0.2) is 0 Å². The van der Waals surface area contributed by atoms with Crippen molar-refractivity contribution >= 4 is 0 Å². The fourth-order valence-electron chi connectivity index (χ4n) is 3.19. The van der Waals surface area contributed by atoms with Crippen LogP contribution in [0.2, 0.25) is 0 Å². The van der Waals surface area contributed by atoms with Gasteiger partial charge in [-0.3, -0.25) is 0 Å². The zero-order chi connectivity index (χ0) is 14.0. The molecule has 0 aliphatic rings. The van der Waals surface area contributed by atoms with E-state index in [1.165, 1.54) is 0 Å². The third kappa shape index (κ3) is 5.71. The van der Waals surface area contributed by atoms with Crippen molar-refractivity contribution < 1.29 is 10.2 Å². The monoisotopic (exact) mass is 258 g/mol. The van der Waals surface area contributed by atoms with Crippen LogP contribution in [0.5, 0.6) is 0 Å². The Kier molecular flexibility index (Phi) is 10.8. The summed E-state index contributed by atoms with van der Waals surface area (Å²) < 4.78 is 0. The summed E-state index contributed by atoms with van der Waals surface area (Å²) >= 11 is 0. The minimum absolute atomic E-state index is 0.188. The zero-order valence-corrected chi connectivity index (χ0v) is 12.9. The van der Waals surface area contributed by atoms with Crippen molar-refractivity contribution in [1.29, 1.82) is 0 Å². The molecule has 4 atom stereocenters. The van der Waals surface area contributed by atoms with Crippen LogP contribution in [-0.2, 0) is 0 Å². The van der Waals surface area contributed by atoms with E-state index in [1.807, 2.05) is 0 Å². The fraction of sp³-hybridized carbons (Fsp3) is 1.00. The largest absolute Gasteiger partial charge is 0.396 e. The van der Waals surface area contributed by atoms with Crippen molar-refractivity contribution in [3.8, 4) is 0 Å². The lowest BCUT2D eigenvalue weighted by molar-refractivity contribution is 0.0214. The number of aliphatic hydroxyl groups is 2. The first kappa shape index (κ1) is 17.9. The van der Waals surface area contributed by atoms with E-state index in [0.717, 1.165) is 44.9 Å². The van der Waals surface area contributed by atoms with Crippen LogP contribution >= 0.6 is 0 Å². The average Bonchev–Trinajstić information content (AvgIpc) is 2.38. The summed E-state index contributed by atoms with van der Waals surface area (Å²) in [7, 11) is 0. The molecular weight excluding hydrogens is 224 g/mol. The Bertz CT molecular complexity index is 178. The molecule has 4 unspecified atom stereocenters. The second-order valence-corrected chi connectivity index (χ2v) is 5.59. The molecule has 0 aromatic heterocycles. The van der Waals surface area contributed by atoms with E-state index < -0.39 is 0 Å². The Hall–Kier alpha value is -0.0800. The van der Waals surface area contributed by atoms with Crippen molar-refractivity contribution in [2.75, 3.05) is 6.61 Å². The van der Waals surface area contributed by atoms with E-state index in [2.05, 4.69) is 27.7 Å². The maximum absolute atomic E-state index is 10.4.